The van der Waals surface area contributed by atoms with Crippen molar-refractivity contribution in [3.05, 3.63) is 41.7 Å². The molecule has 2 atom stereocenters. The number of rotatable bonds is 3. The van der Waals surface area contributed by atoms with Crippen LogP contribution in [-0.4, -0.2) is 9.55 Å². The Morgan fingerprint density at radius 3 is 2.95 bits per heavy atom. The van der Waals surface area contributed by atoms with E-state index in [0.717, 1.165) is 41.7 Å². The first-order valence-corrected chi connectivity index (χ1v) is 7.41. The van der Waals surface area contributed by atoms with E-state index in [9.17, 15) is 5.26 Å². The Bertz CT molecular complexity index is 708. The van der Waals surface area contributed by atoms with Crippen molar-refractivity contribution in [1.82, 2.24) is 9.55 Å². The highest BCUT2D eigenvalue weighted by Gasteiger charge is 2.29. The molecule has 20 heavy (non-hydrogen) atoms. The first kappa shape index (κ1) is 13.2. The molecule has 0 spiro atoms. The second-order valence-electron chi connectivity index (χ2n) is 5.12. The molecular weight excluding hydrogens is 270 g/mol. The van der Waals surface area contributed by atoms with Crippen molar-refractivity contribution in [2.45, 2.75) is 37.6 Å². The zero-order valence-corrected chi connectivity index (χ0v) is 12.1. The van der Waals surface area contributed by atoms with E-state index in [2.05, 4.69) is 18.0 Å². The minimum absolute atomic E-state index is 0.228. The number of hydrogen-bond acceptors (Lipinski definition) is 2. The lowest BCUT2D eigenvalue weighted by molar-refractivity contribution is 0.630. The van der Waals surface area contributed by atoms with E-state index >= 15 is 0 Å². The Labute approximate surface area is 123 Å². The summed E-state index contributed by atoms with van der Waals surface area (Å²) in [6.07, 6.45) is 5.15. The summed E-state index contributed by atoms with van der Waals surface area (Å²) in [5, 5.41) is 9.40. The fourth-order valence-corrected chi connectivity index (χ4v) is 3.12. The number of benzene rings is 1. The quantitative estimate of drug-likeness (QED) is 0.615. The van der Waals surface area contributed by atoms with Crippen LogP contribution in [0.3, 0.4) is 0 Å². The van der Waals surface area contributed by atoms with Gasteiger partial charge in [-0.3, -0.25) is 0 Å². The fourth-order valence-electron chi connectivity index (χ4n) is 2.73. The summed E-state index contributed by atoms with van der Waals surface area (Å²) in [5.41, 5.74) is 2.81. The molecule has 2 unspecified atom stereocenters. The predicted molar refractivity (Wildman–Crippen MR) is 80.6 cm³/mol. The average Bonchev–Trinajstić information content (AvgIpc) is 2.86. The van der Waals surface area contributed by atoms with Crippen LogP contribution in [0, 0.1) is 11.3 Å². The van der Waals surface area contributed by atoms with Gasteiger partial charge in [-0.05, 0) is 30.5 Å². The average molecular weight is 286 g/mol. The van der Waals surface area contributed by atoms with Crippen molar-refractivity contribution in [2.75, 3.05) is 0 Å². The lowest BCUT2D eigenvalue weighted by Gasteiger charge is -2.25. The number of unbranched alkanes of at least 4 members (excludes halogenated alkanes) is 1. The second kappa shape index (κ2) is 5.30. The molecular formula is C16H16ClN3. The van der Waals surface area contributed by atoms with Crippen LogP contribution in [0.15, 0.2) is 35.9 Å². The molecule has 2 heterocycles. The molecule has 1 aliphatic heterocycles. The zero-order chi connectivity index (χ0) is 14.1. The standard InChI is InChI=1S/C16H16ClN3/c1-2-3-6-11-9-12(10-18)16-19-13-7-4-5-8-14(13)20(16)15(11)17/h4-5,7-9,12,15H,2-3,6H2,1H3. The fraction of sp³-hybridized carbons (Fsp3) is 0.375. The van der Waals surface area contributed by atoms with Gasteiger partial charge in [-0.15, -0.1) is 0 Å². The number of alkyl halides is 1. The van der Waals surface area contributed by atoms with Gasteiger partial charge >= 0.3 is 0 Å². The van der Waals surface area contributed by atoms with Gasteiger partial charge in [-0.2, -0.15) is 5.26 Å². The minimum Gasteiger partial charge on any atom is -0.305 e. The molecule has 0 saturated carbocycles. The molecule has 3 rings (SSSR count). The predicted octanol–water partition coefficient (Wildman–Crippen LogP) is 4.51. The second-order valence-corrected chi connectivity index (χ2v) is 5.53. The van der Waals surface area contributed by atoms with Gasteiger partial charge in [-0.1, -0.05) is 43.2 Å². The molecule has 0 aliphatic carbocycles. The molecule has 2 aromatic rings. The van der Waals surface area contributed by atoms with Gasteiger partial charge in [0.1, 0.15) is 17.2 Å². The lowest BCUT2D eigenvalue weighted by atomic mass is 9.98. The van der Waals surface area contributed by atoms with E-state index in [1.54, 1.807) is 0 Å². The van der Waals surface area contributed by atoms with Crippen LogP contribution < -0.4 is 0 Å². The number of nitriles is 1. The molecule has 0 radical (unpaired) electrons. The molecule has 1 aromatic heterocycles. The summed E-state index contributed by atoms with van der Waals surface area (Å²) < 4.78 is 2.01. The van der Waals surface area contributed by atoms with Crippen molar-refractivity contribution in [3.63, 3.8) is 0 Å². The molecule has 3 nitrogen and oxygen atoms in total. The van der Waals surface area contributed by atoms with Gasteiger partial charge < -0.3 is 4.57 Å². The van der Waals surface area contributed by atoms with Crippen LogP contribution in [0.4, 0.5) is 0 Å². The number of halogens is 1. The molecule has 1 aromatic carbocycles. The van der Waals surface area contributed by atoms with Crippen LogP contribution in [-0.2, 0) is 0 Å². The number of nitrogens with zero attached hydrogens (tertiary/aromatic N) is 3. The van der Waals surface area contributed by atoms with Crippen molar-refractivity contribution >= 4 is 22.6 Å². The number of imidazole rings is 1. The number of aromatic nitrogens is 2. The van der Waals surface area contributed by atoms with Crippen molar-refractivity contribution in [3.8, 4) is 6.07 Å². The SMILES string of the molecule is CCCCC1=CC(C#N)c2nc3ccccc3n2C1Cl. The van der Waals surface area contributed by atoms with Gasteiger partial charge in [0, 0.05) is 0 Å². The summed E-state index contributed by atoms with van der Waals surface area (Å²) in [5.74, 6) is 0.457. The highest BCUT2D eigenvalue weighted by Crippen LogP contribution is 2.39. The Balaban J connectivity index is 2.13. The summed E-state index contributed by atoms with van der Waals surface area (Å²) >= 11 is 6.64. The maximum Gasteiger partial charge on any atom is 0.132 e. The highest BCUT2D eigenvalue weighted by molar-refractivity contribution is 6.21. The Morgan fingerprint density at radius 2 is 2.20 bits per heavy atom. The van der Waals surface area contributed by atoms with E-state index in [4.69, 9.17) is 11.6 Å². The number of para-hydroxylation sites is 2. The van der Waals surface area contributed by atoms with Crippen LogP contribution in [0.25, 0.3) is 11.0 Å². The Hall–Kier alpha value is -1.79. The molecule has 0 amide bonds. The molecule has 0 saturated heterocycles. The van der Waals surface area contributed by atoms with E-state index < -0.39 is 0 Å². The zero-order valence-electron chi connectivity index (χ0n) is 11.4. The summed E-state index contributed by atoms with van der Waals surface area (Å²) in [6.45, 7) is 2.16. The third-order valence-electron chi connectivity index (χ3n) is 3.77. The van der Waals surface area contributed by atoms with Gasteiger partial charge in [0.25, 0.3) is 0 Å². The summed E-state index contributed by atoms with van der Waals surface area (Å²) in [6, 6.07) is 10.2. The van der Waals surface area contributed by atoms with E-state index in [1.807, 2.05) is 34.9 Å². The van der Waals surface area contributed by atoms with Gasteiger partial charge in [0.15, 0.2) is 0 Å². The number of allylic oxidation sites excluding steroid dienone is 2. The Morgan fingerprint density at radius 1 is 1.40 bits per heavy atom. The monoisotopic (exact) mass is 285 g/mol. The first-order chi connectivity index (χ1) is 9.76. The number of hydrogen-bond donors (Lipinski definition) is 0. The molecule has 0 bridgehead atoms. The van der Waals surface area contributed by atoms with Gasteiger partial charge in [0.05, 0.1) is 17.1 Å². The normalized spacial score (nSPS) is 21.4. The van der Waals surface area contributed by atoms with Crippen LogP contribution >= 0.6 is 11.6 Å². The van der Waals surface area contributed by atoms with E-state index in [1.165, 1.54) is 0 Å². The van der Waals surface area contributed by atoms with Crippen molar-refractivity contribution < 1.29 is 0 Å². The molecule has 0 N–H and O–H groups in total. The van der Waals surface area contributed by atoms with Crippen LogP contribution in [0.5, 0.6) is 0 Å². The maximum atomic E-state index is 9.40. The summed E-state index contributed by atoms with van der Waals surface area (Å²) in [7, 11) is 0. The largest absolute Gasteiger partial charge is 0.305 e. The topological polar surface area (TPSA) is 41.6 Å². The molecule has 0 fully saturated rings. The van der Waals surface area contributed by atoms with E-state index in [0.29, 0.717) is 0 Å². The van der Waals surface area contributed by atoms with Crippen LogP contribution in [0.2, 0.25) is 0 Å². The van der Waals surface area contributed by atoms with Crippen molar-refractivity contribution in [1.29, 1.82) is 5.26 Å². The summed E-state index contributed by atoms with van der Waals surface area (Å²) in [4.78, 5) is 4.58. The highest BCUT2D eigenvalue weighted by atomic mass is 35.5. The third kappa shape index (κ3) is 2.01. The first-order valence-electron chi connectivity index (χ1n) is 6.97. The Kier molecular flexibility index (Phi) is 3.50. The smallest absolute Gasteiger partial charge is 0.132 e. The number of fused-ring (bicyclic) bond motifs is 3. The van der Waals surface area contributed by atoms with Gasteiger partial charge in [-0.25, -0.2) is 4.98 Å². The maximum absolute atomic E-state index is 9.40. The molecule has 4 heteroatoms. The van der Waals surface area contributed by atoms with Crippen LogP contribution in [0.1, 0.15) is 43.4 Å². The lowest BCUT2D eigenvalue weighted by Crippen LogP contribution is -2.17. The van der Waals surface area contributed by atoms with Gasteiger partial charge in [0.2, 0.25) is 0 Å². The third-order valence-corrected chi connectivity index (χ3v) is 4.25. The molecule has 1 aliphatic rings. The molecule has 102 valence electrons. The van der Waals surface area contributed by atoms with E-state index in [-0.39, 0.29) is 11.4 Å². The van der Waals surface area contributed by atoms with Crippen molar-refractivity contribution in [2.24, 2.45) is 0 Å². The minimum atomic E-state index is -0.302.